The van der Waals surface area contributed by atoms with Crippen molar-refractivity contribution >= 4 is 11.9 Å². The Labute approximate surface area is 81.8 Å². The molecule has 0 rings (SSSR count). The molecule has 0 fully saturated rings. The summed E-state index contributed by atoms with van der Waals surface area (Å²) < 4.78 is 14.3. The first-order valence-electron chi connectivity index (χ1n) is 4.24. The molecule has 0 heterocycles. The van der Waals surface area contributed by atoms with Gasteiger partial charge in [-0.2, -0.15) is 0 Å². The normalized spacial score (nSPS) is 10.2. The zero-order valence-corrected chi connectivity index (χ0v) is 8.19. The predicted octanol–water partition coefficient (Wildman–Crippen LogP) is 0.361. The van der Waals surface area contributed by atoms with Gasteiger partial charge in [0.05, 0.1) is 13.2 Å². The van der Waals surface area contributed by atoms with Gasteiger partial charge in [0.2, 0.25) is 0 Å². The lowest BCUT2D eigenvalue weighted by Gasteiger charge is -2.15. The van der Waals surface area contributed by atoms with E-state index >= 15 is 0 Å². The quantitative estimate of drug-likeness (QED) is 0.368. The Hall–Kier alpha value is -1.14. The van der Waals surface area contributed by atoms with Gasteiger partial charge in [0, 0.05) is 0 Å². The Bertz CT molecular complexity index is 184. The Balaban J connectivity index is 3.88. The number of esters is 1. The first-order valence-corrected chi connectivity index (χ1v) is 4.24. The van der Waals surface area contributed by atoms with Crippen molar-refractivity contribution in [1.29, 1.82) is 0 Å². The van der Waals surface area contributed by atoms with Gasteiger partial charge in [0.15, 0.2) is 0 Å². The third-order valence-electron chi connectivity index (χ3n) is 1.13. The van der Waals surface area contributed by atoms with E-state index in [1.165, 1.54) is 0 Å². The summed E-state index contributed by atoms with van der Waals surface area (Å²) in [5.41, 5.74) is 0. The summed E-state index contributed by atoms with van der Waals surface area (Å²) in [6.45, 7) is 2.92. The third kappa shape index (κ3) is 6.38. The molecule has 14 heavy (non-hydrogen) atoms. The molecule has 0 amide bonds. The highest BCUT2D eigenvalue weighted by Crippen LogP contribution is 2.00. The summed E-state index contributed by atoms with van der Waals surface area (Å²) in [6.07, 6.45) is -0.698. The van der Waals surface area contributed by atoms with Crippen LogP contribution >= 0.6 is 0 Å². The summed E-state index contributed by atoms with van der Waals surface area (Å²) in [6, 6.07) is 0. The fourth-order valence-corrected chi connectivity index (χ4v) is 0.661. The molecule has 0 atom stereocenters. The van der Waals surface area contributed by atoms with Crippen LogP contribution in [0.3, 0.4) is 0 Å². The van der Waals surface area contributed by atoms with Gasteiger partial charge in [-0.25, -0.2) is 0 Å². The van der Waals surface area contributed by atoms with Crippen molar-refractivity contribution in [1.82, 2.24) is 0 Å². The first-order chi connectivity index (χ1) is 6.60. The molecule has 1 N–H and O–H groups in total. The highest BCUT2D eigenvalue weighted by atomic mass is 16.9. The lowest BCUT2D eigenvalue weighted by molar-refractivity contribution is -0.272. The Kier molecular flexibility index (Phi) is 6.69. The van der Waals surface area contributed by atoms with Gasteiger partial charge in [-0.3, -0.25) is 9.59 Å². The van der Waals surface area contributed by atoms with E-state index in [1.807, 2.05) is 0 Å². The van der Waals surface area contributed by atoms with Gasteiger partial charge >= 0.3 is 18.4 Å². The van der Waals surface area contributed by atoms with E-state index in [4.69, 9.17) is 14.6 Å². The van der Waals surface area contributed by atoms with Gasteiger partial charge < -0.3 is 19.3 Å². The van der Waals surface area contributed by atoms with Gasteiger partial charge in [-0.05, 0) is 13.8 Å². The number of rotatable bonds is 7. The van der Waals surface area contributed by atoms with E-state index in [-0.39, 0.29) is 0 Å². The fraction of sp³-hybridized carbons (Fsp3) is 0.750. The molecule has 0 aromatic carbocycles. The van der Waals surface area contributed by atoms with Crippen LogP contribution < -0.4 is 0 Å². The van der Waals surface area contributed by atoms with E-state index in [1.54, 1.807) is 13.8 Å². The number of ether oxygens (including phenoxy) is 3. The van der Waals surface area contributed by atoms with Crippen molar-refractivity contribution in [2.45, 2.75) is 26.7 Å². The summed E-state index contributed by atoms with van der Waals surface area (Å²) in [4.78, 5) is 21.0. The van der Waals surface area contributed by atoms with E-state index < -0.39 is 24.8 Å². The zero-order chi connectivity index (χ0) is 11.0. The topological polar surface area (TPSA) is 82.1 Å². The molecule has 0 unspecified atom stereocenters. The molecule has 0 aliphatic heterocycles. The molecular weight excluding hydrogens is 192 g/mol. The van der Waals surface area contributed by atoms with Crippen LogP contribution in [0.1, 0.15) is 20.3 Å². The fourth-order valence-electron chi connectivity index (χ4n) is 0.661. The number of hydrogen-bond acceptors (Lipinski definition) is 5. The summed E-state index contributed by atoms with van der Waals surface area (Å²) in [7, 11) is 0. The second kappa shape index (κ2) is 7.28. The SMILES string of the molecule is CCOC(OCC)OC(=O)CC(=O)O. The molecule has 0 aromatic heterocycles. The maximum Gasteiger partial charge on any atom is 0.321 e. The Morgan fingerprint density at radius 2 is 1.71 bits per heavy atom. The third-order valence-corrected chi connectivity index (χ3v) is 1.13. The van der Waals surface area contributed by atoms with Crippen LogP contribution in [-0.4, -0.2) is 36.7 Å². The van der Waals surface area contributed by atoms with Crippen molar-refractivity contribution < 1.29 is 28.9 Å². The van der Waals surface area contributed by atoms with E-state index in [9.17, 15) is 9.59 Å². The minimum atomic E-state index is -1.25. The van der Waals surface area contributed by atoms with Crippen LogP contribution in [0.4, 0.5) is 0 Å². The maximum absolute atomic E-state index is 10.9. The van der Waals surface area contributed by atoms with Crippen LogP contribution in [0, 0.1) is 0 Å². The standard InChI is InChI=1S/C8H14O6/c1-3-12-8(13-4-2)14-7(11)5-6(9)10/h8H,3-5H2,1-2H3,(H,9,10). The lowest BCUT2D eigenvalue weighted by Crippen LogP contribution is -2.25. The van der Waals surface area contributed by atoms with Gasteiger partial charge in [-0.1, -0.05) is 0 Å². The van der Waals surface area contributed by atoms with Crippen LogP contribution in [0.2, 0.25) is 0 Å². The van der Waals surface area contributed by atoms with Crippen LogP contribution in [-0.2, 0) is 23.8 Å². The molecule has 0 spiro atoms. The predicted molar refractivity (Wildman–Crippen MR) is 45.4 cm³/mol. The molecule has 0 saturated heterocycles. The van der Waals surface area contributed by atoms with E-state index in [2.05, 4.69) is 4.74 Å². The number of carboxylic acids is 1. The average Bonchev–Trinajstić information content (AvgIpc) is 2.03. The Morgan fingerprint density at radius 3 is 2.07 bits per heavy atom. The van der Waals surface area contributed by atoms with Gasteiger partial charge in [0.1, 0.15) is 6.42 Å². The molecule has 0 aromatic rings. The van der Waals surface area contributed by atoms with Crippen molar-refractivity contribution in [3.8, 4) is 0 Å². The Morgan fingerprint density at radius 1 is 1.21 bits per heavy atom. The average molecular weight is 206 g/mol. The molecule has 6 nitrogen and oxygen atoms in total. The summed E-state index contributed by atoms with van der Waals surface area (Å²) >= 11 is 0. The van der Waals surface area contributed by atoms with Gasteiger partial charge in [-0.15, -0.1) is 0 Å². The molecule has 0 aliphatic rings. The highest BCUT2D eigenvalue weighted by molar-refractivity contribution is 5.90. The van der Waals surface area contributed by atoms with Gasteiger partial charge in [0.25, 0.3) is 0 Å². The summed E-state index contributed by atoms with van der Waals surface area (Å²) in [5.74, 6) is -2.13. The lowest BCUT2D eigenvalue weighted by atomic mass is 10.4. The minimum Gasteiger partial charge on any atom is -0.481 e. The number of carbonyl (C=O) groups is 2. The van der Waals surface area contributed by atoms with Crippen LogP contribution in [0.15, 0.2) is 0 Å². The largest absolute Gasteiger partial charge is 0.481 e. The van der Waals surface area contributed by atoms with E-state index in [0.29, 0.717) is 13.2 Å². The number of carboxylic acid groups (broad SMARTS) is 1. The highest BCUT2D eigenvalue weighted by Gasteiger charge is 2.16. The monoisotopic (exact) mass is 206 g/mol. The molecule has 6 heteroatoms. The number of aliphatic carboxylic acids is 1. The maximum atomic E-state index is 10.9. The van der Waals surface area contributed by atoms with E-state index in [0.717, 1.165) is 0 Å². The van der Waals surface area contributed by atoms with Crippen LogP contribution in [0.5, 0.6) is 0 Å². The molecule has 0 radical (unpaired) electrons. The first kappa shape index (κ1) is 12.9. The van der Waals surface area contributed by atoms with Crippen LogP contribution in [0.25, 0.3) is 0 Å². The molecule has 0 saturated carbocycles. The number of hydrogen-bond donors (Lipinski definition) is 1. The second-order valence-corrected chi connectivity index (χ2v) is 2.26. The molecular formula is C8H14O6. The molecule has 82 valence electrons. The zero-order valence-electron chi connectivity index (χ0n) is 8.19. The second-order valence-electron chi connectivity index (χ2n) is 2.26. The van der Waals surface area contributed by atoms with Crippen molar-refractivity contribution in [2.75, 3.05) is 13.2 Å². The van der Waals surface area contributed by atoms with Crippen molar-refractivity contribution in [2.24, 2.45) is 0 Å². The number of carbonyl (C=O) groups excluding carboxylic acids is 1. The van der Waals surface area contributed by atoms with Crippen molar-refractivity contribution in [3.05, 3.63) is 0 Å². The molecule has 0 bridgehead atoms. The smallest absolute Gasteiger partial charge is 0.321 e. The molecule has 0 aliphatic carbocycles. The summed E-state index contributed by atoms with van der Waals surface area (Å²) in [5, 5.41) is 8.27. The van der Waals surface area contributed by atoms with Crippen molar-refractivity contribution in [3.63, 3.8) is 0 Å². The minimum absolute atomic E-state index is 0.311.